The third-order valence-corrected chi connectivity index (χ3v) is 1.42. The second-order valence-corrected chi connectivity index (χ2v) is 2.28. The van der Waals surface area contributed by atoms with E-state index in [2.05, 4.69) is 13.0 Å². The summed E-state index contributed by atoms with van der Waals surface area (Å²) >= 11 is 5.67. The van der Waals surface area contributed by atoms with Crippen LogP contribution in [-0.2, 0) is 6.42 Å². The number of hydrogen-bond donors (Lipinski definition) is 0. The minimum absolute atomic E-state index is 0.703. The Morgan fingerprint density at radius 1 is 1.56 bits per heavy atom. The topological polar surface area (TPSA) is 0 Å². The zero-order valence-corrected chi connectivity index (χ0v) is 6.07. The van der Waals surface area contributed by atoms with Gasteiger partial charge in [0, 0.05) is 11.1 Å². The van der Waals surface area contributed by atoms with Gasteiger partial charge in [0.1, 0.15) is 0 Å². The molecule has 0 bridgehead atoms. The van der Waals surface area contributed by atoms with Crippen molar-refractivity contribution < 1.29 is 0 Å². The van der Waals surface area contributed by atoms with E-state index in [1.807, 2.05) is 18.2 Å². The summed E-state index contributed by atoms with van der Waals surface area (Å²) in [6.45, 7) is 2.09. The molecule has 0 nitrogen and oxygen atoms in total. The van der Waals surface area contributed by atoms with Gasteiger partial charge in [-0.05, 0) is 18.1 Å². The molecule has 0 unspecified atom stereocenters. The Labute approximate surface area is 60.5 Å². The van der Waals surface area contributed by atoms with E-state index in [9.17, 15) is 0 Å². The summed E-state index contributed by atoms with van der Waals surface area (Å²) in [7, 11) is 0. The highest BCUT2D eigenvalue weighted by Crippen LogP contribution is 2.09. The molecule has 9 heavy (non-hydrogen) atoms. The van der Waals surface area contributed by atoms with E-state index < -0.39 is 0 Å². The van der Waals surface area contributed by atoms with Crippen LogP contribution in [0.5, 0.6) is 0 Å². The molecule has 0 aliphatic rings. The van der Waals surface area contributed by atoms with E-state index in [-0.39, 0.29) is 0 Å². The van der Waals surface area contributed by atoms with Gasteiger partial charge in [-0.3, -0.25) is 0 Å². The van der Waals surface area contributed by atoms with E-state index >= 15 is 0 Å². The van der Waals surface area contributed by atoms with Gasteiger partial charge in [0.2, 0.25) is 0 Å². The summed E-state index contributed by atoms with van der Waals surface area (Å²) in [5.41, 5.74) is 1.17. The molecule has 1 radical (unpaired) electrons. The Bertz CT molecular complexity index is 194. The fourth-order valence-corrected chi connectivity index (χ4v) is 0.886. The predicted octanol–water partition coefficient (Wildman–Crippen LogP) is 2.70. The molecule has 0 saturated carbocycles. The lowest BCUT2D eigenvalue weighted by atomic mass is 10.2. The third-order valence-electron chi connectivity index (χ3n) is 1.20. The molecular formula is C8H8Cl. The first-order chi connectivity index (χ1) is 4.33. The molecule has 0 fully saturated rings. The first-order valence-electron chi connectivity index (χ1n) is 2.99. The molecule has 0 aliphatic carbocycles. The number of hydrogen-bond acceptors (Lipinski definition) is 0. The van der Waals surface area contributed by atoms with E-state index in [4.69, 9.17) is 11.6 Å². The first-order valence-corrected chi connectivity index (χ1v) is 3.37. The molecule has 0 aliphatic heterocycles. The summed E-state index contributed by atoms with van der Waals surface area (Å²) in [4.78, 5) is 0. The van der Waals surface area contributed by atoms with Crippen LogP contribution < -0.4 is 0 Å². The van der Waals surface area contributed by atoms with Crippen molar-refractivity contribution in [1.82, 2.24) is 0 Å². The van der Waals surface area contributed by atoms with E-state index in [0.29, 0.717) is 5.02 Å². The Morgan fingerprint density at radius 2 is 2.33 bits per heavy atom. The van der Waals surface area contributed by atoms with Crippen molar-refractivity contribution in [3.05, 3.63) is 34.9 Å². The van der Waals surface area contributed by atoms with Gasteiger partial charge in [-0.1, -0.05) is 30.7 Å². The number of halogens is 1. The van der Waals surface area contributed by atoms with Crippen molar-refractivity contribution in [3.63, 3.8) is 0 Å². The van der Waals surface area contributed by atoms with E-state index in [1.165, 1.54) is 5.56 Å². The maximum Gasteiger partial charge on any atom is 0.0487 e. The van der Waals surface area contributed by atoms with Crippen LogP contribution in [0.4, 0.5) is 0 Å². The summed E-state index contributed by atoms with van der Waals surface area (Å²) in [5, 5.41) is 0.703. The van der Waals surface area contributed by atoms with Crippen molar-refractivity contribution in [3.8, 4) is 0 Å². The van der Waals surface area contributed by atoms with Gasteiger partial charge in [-0.2, -0.15) is 0 Å². The lowest BCUT2D eigenvalue weighted by Crippen LogP contribution is -1.77. The maximum absolute atomic E-state index is 5.67. The van der Waals surface area contributed by atoms with Crippen molar-refractivity contribution in [2.45, 2.75) is 13.3 Å². The smallest absolute Gasteiger partial charge is 0.0487 e. The predicted molar refractivity (Wildman–Crippen MR) is 39.7 cm³/mol. The maximum atomic E-state index is 5.67. The average molecular weight is 140 g/mol. The van der Waals surface area contributed by atoms with Crippen LogP contribution >= 0.6 is 11.6 Å². The lowest BCUT2D eigenvalue weighted by molar-refractivity contribution is 1.14. The minimum Gasteiger partial charge on any atom is -0.0837 e. The molecule has 1 aromatic rings. The summed E-state index contributed by atoms with van der Waals surface area (Å²) in [6, 6.07) is 8.82. The van der Waals surface area contributed by atoms with Gasteiger partial charge in [-0.15, -0.1) is 0 Å². The molecule has 0 N–H and O–H groups in total. The third kappa shape index (κ3) is 1.72. The van der Waals surface area contributed by atoms with E-state index in [0.717, 1.165) is 6.42 Å². The van der Waals surface area contributed by atoms with Crippen molar-refractivity contribution in [1.29, 1.82) is 0 Å². The van der Waals surface area contributed by atoms with Gasteiger partial charge >= 0.3 is 0 Å². The molecule has 0 aromatic heterocycles. The Kier molecular flexibility index (Phi) is 2.12. The lowest BCUT2D eigenvalue weighted by Gasteiger charge is -1.92. The molecular weight excluding hydrogens is 132 g/mol. The normalized spacial score (nSPS) is 9.56. The second kappa shape index (κ2) is 2.88. The molecule has 1 rings (SSSR count). The highest BCUT2D eigenvalue weighted by atomic mass is 35.5. The number of benzene rings is 1. The van der Waals surface area contributed by atoms with Crippen LogP contribution in [0.15, 0.2) is 18.2 Å². The van der Waals surface area contributed by atoms with Gasteiger partial charge in [0.25, 0.3) is 0 Å². The van der Waals surface area contributed by atoms with Crippen molar-refractivity contribution in [2.24, 2.45) is 0 Å². The van der Waals surface area contributed by atoms with Gasteiger partial charge in [-0.25, -0.2) is 0 Å². The SMILES string of the molecule is CCc1[c]c(Cl)ccc1. The fraction of sp³-hybridized carbons (Fsp3) is 0.250. The second-order valence-electron chi connectivity index (χ2n) is 1.88. The summed E-state index contributed by atoms with van der Waals surface area (Å²) < 4.78 is 0. The van der Waals surface area contributed by atoms with Crippen LogP contribution in [0.1, 0.15) is 12.5 Å². The number of rotatable bonds is 1. The largest absolute Gasteiger partial charge is 0.0837 e. The quantitative estimate of drug-likeness (QED) is 0.561. The number of aryl methyl sites for hydroxylation is 1. The van der Waals surface area contributed by atoms with E-state index in [1.54, 1.807) is 0 Å². The molecule has 47 valence electrons. The van der Waals surface area contributed by atoms with Gasteiger partial charge in [0.15, 0.2) is 0 Å². The standard InChI is InChI=1S/C8H8Cl/c1-2-7-4-3-5-8(9)6-7/h3-5H,2H2,1H3. The van der Waals surface area contributed by atoms with Crippen LogP contribution in [-0.4, -0.2) is 0 Å². The summed E-state index contributed by atoms with van der Waals surface area (Å²) in [5.74, 6) is 0. The first kappa shape index (κ1) is 6.63. The van der Waals surface area contributed by atoms with Crippen LogP contribution in [0.25, 0.3) is 0 Å². The molecule has 1 aromatic carbocycles. The highest BCUT2D eigenvalue weighted by molar-refractivity contribution is 6.30. The molecule has 1 heteroatoms. The Morgan fingerprint density at radius 3 is 2.78 bits per heavy atom. The summed E-state index contributed by atoms with van der Waals surface area (Å²) in [6.07, 6.45) is 1.00. The fourth-order valence-electron chi connectivity index (χ4n) is 0.692. The Hall–Kier alpha value is -0.490. The molecule has 0 saturated heterocycles. The molecule has 0 amide bonds. The van der Waals surface area contributed by atoms with Crippen LogP contribution in [0.2, 0.25) is 5.02 Å². The highest BCUT2D eigenvalue weighted by Gasteiger charge is 1.88. The monoisotopic (exact) mass is 139 g/mol. The minimum atomic E-state index is 0.703. The van der Waals surface area contributed by atoms with Gasteiger partial charge in [0.05, 0.1) is 0 Å². The van der Waals surface area contributed by atoms with Crippen molar-refractivity contribution in [2.75, 3.05) is 0 Å². The average Bonchev–Trinajstić information content (AvgIpc) is 1.88. The Balaban J connectivity index is 2.94. The van der Waals surface area contributed by atoms with Gasteiger partial charge < -0.3 is 0 Å². The van der Waals surface area contributed by atoms with Crippen LogP contribution in [0, 0.1) is 6.07 Å². The zero-order chi connectivity index (χ0) is 6.69. The van der Waals surface area contributed by atoms with Crippen LogP contribution in [0.3, 0.4) is 0 Å². The molecule has 0 spiro atoms. The zero-order valence-electron chi connectivity index (χ0n) is 5.32. The van der Waals surface area contributed by atoms with Crippen molar-refractivity contribution >= 4 is 11.6 Å². The molecule has 0 atom stereocenters. The molecule has 0 heterocycles.